The monoisotopic (exact) mass is 386 g/mol. The number of amides is 1. The Labute approximate surface area is 156 Å². The average Bonchev–Trinajstić information content (AvgIpc) is 3.16. The largest absolute Gasteiger partial charge is 0.413 e. The summed E-state index contributed by atoms with van der Waals surface area (Å²) in [5.74, 6) is -0.175. The van der Waals surface area contributed by atoms with Crippen molar-refractivity contribution in [2.45, 2.75) is 23.8 Å². The van der Waals surface area contributed by atoms with Gasteiger partial charge < -0.3 is 9.73 Å². The summed E-state index contributed by atoms with van der Waals surface area (Å²) < 4.78 is 29.9. The summed E-state index contributed by atoms with van der Waals surface area (Å²) >= 11 is 0. The maximum absolute atomic E-state index is 12.3. The molecule has 140 valence electrons. The minimum Gasteiger partial charge on any atom is -0.413 e. The van der Waals surface area contributed by atoms with Gasteiger partial charge in [-0.25, -0.2) is 8.42 Å². The molecule has 0 fully saturated rings. The molecule has 0 atom stereocenters. The van der Waals surface area contributed by atoms with Crippen LogP contribution in [0, 0.1) is 0 Å². The van der Waals surface area contributed by atoms with E-state index in [0.717, 1.165) is 0 Å². The highest BCUT2D eigenvalue weighted by Crippen LogP contribution is 2.15. The van der Waals surface area contributed by atoms with Gasteiger partial charge in [0.25, 0.3) is 5.91 Å². The number of carbonyl (C=O) groups excluding carboxylic acids is 1. The molecule has 0 aliphatic carbocycles. The Bertz CT molecular complexity index is 988. The van der Waals surface area contributed by atoms with Gasteiger partial charge in [0.15, 0.2) is 0 Å². The molecule has 27 heavy (non-hydrogen) atoms. The summed E-state index contributed by atoms with van der Waals surface area (Å²) in [5, 5.41) is 9.81. The van der Waals surface area contributed by atoms with Crippen molar-refractivity contribution in [1.29, 1.82) is 0 Å². The first-order valence-corrected chi connectivity index (χ1v) is 9.97. The Morgan fingerprint density at radius 3 is 2.52 bits per heavy atom. The van der Waals surface area contributed by atoms with Crippen LogP contribution in [0.3, 0.4) is 0 Å². The molecule has 0 saturated heterocycles. The van der Waals surface area contributed by atoms with Crippen LogP contribution in [0.4, 0.5) is 0 Å². The normalized spacial score (nSPS) is 11.3. The van der Waals surface area contributed by atoms with E-state index >= 15 is 0 Å². The van der Waals surface area contributed by atoms with Crippen molar-refractivity contribution >= 4 is 15.7 Å². The molecule has 8 nitrogen and oxygen atoms in total. The molecule has 0 bridgehead atoms. The Balaban J connectivity index is 1.50. The van der Waals surface area contributed by atoms with Crippen molar-refractivity contribution in [2.24, 2.45) is 0 Å². The highest BCUT2D eigenvalue weighted by Gasteiger charge is 2.22. The number of nitrogens with one attached hydrogen (secondary N) is 1. The van der Waals surface area contributed by atoms with Crippen molar-refractivity contribution in [1.82, 2.24) is 20.5 Å². The fraction of sp³-hybridized carbons (Fsp3) is 0.222. The molecule has 3 rings (SSSR count). The summed E-state index contributed by atoms with van der Waals surface area (Å²) in [6.07, 6.45) is 4.00. The zero-order valence-electron chi connectivity index (χ0n) is 14.4. The third-order valence-electron chi connectivity index (χ3n) is 3.71. The van der Waals surface area contributed by atoms with Crippen molar-refractivity contribution in [2.75, 3.05) is 6.54 Å². The second-order valence-electron chi connectivity index (χ2n) is 5.80. The van der Waals surface area contributed by atoms with Gasteiger partial charge in [-0.2, -0.15) is 0 Å². The topological polar surface area (TPSA) is 115 Å². The van der Waals surface area contributed by atoms with E-state index in [9.17, 15) is 13.2 Å². The standard InChI is InChI=1S/C18H18N4O4S/c23-17(15-8-11-19-12-9-15)20-10-4-7-16-21-22-18(26-16)27(24,25)13-14-5-2-1-3-6-14/h1-3,5-6,8-9,11-12H,4,7,10,13H2,(H,20,23). The van der Waals surface area contributed by atoms with E-state index < -0.39 is 9.84 Å². The number of pyridine rings is 1. The van der Waals surface area contributed by atoms with Crippen LogP contribution in [0.15, 0.2) is 64.5 Å². The minimum absolute atomic E-state index is 0.197. The smallest absolute Gasteiger partial charge is 0.335 e. The number of carbonyl (C=O) groups is 1. The fourth-order valence-electron chi connectivity index (χ4n) is 2.37. The molecule has 3 aromatic rings. The number of nitrogens with zero attached hydrogens (tertiary/aromatic N) is 3. The first kappa shape index (κ1) is 18.7. The molecular formula is C18H18N4O4S. The average molecular weight is 386 g/mol. The summed E-state index contributed by atoms with van der Waals surface area (Å²) in [5.41, 5.74) is 1.17. The second-order valence-corrected chi connectivity index (χ2v) is 7.67. The maximum Gasteiger partial charge on any atom is 0.335 e. The number of aromatic nitrogens is 3. The Kier molecular flexibility index (Phi) is 5.92. The predicted octanol–water partition coefficient (Wildman–Crippen LogP) is 1.80. The molecule has 1 aromatic carbocycles. The summed E-state index contributed by atoms with van der Waals surface area (Å²) in [7, 11) is -3.69. The van der Waals surface area contributed by atoms with E-state index in [1.165, 1.54) is 0 Å². The lowest BCUT2D eigenvalue weighted by atomic mass is 10.2. The number of rotatable bonds is 8. The zero-order chi connectivity index (χ0) is 19.1. The lowest BCUT2D eigenvalue weighted by molar-refractivity contribution is 0.0953. The van der Waals surface area contributed by atoms with Crippen LogP contribution in [0.25, 0.3) is 0 Å². The summed E-state index contributed by atoms with van der Waals surface area (Å²) in [6, 6.07) is 12.0. The van der Waals surface area contributed by atoms with Gasteiger partial charge >= 0.3 is 5.22 Å². The molecule has 0 radical (unpaired) electrons. The molecule has 2 aromatic heterocycles. The molecule has 0 spiro atoms. The van der Waals surface area contributed by atoms with E-state index in [0.29, 0.717) is 30.5 Å². The van der Waals surface area contributed by atoms with Crippen molar-refractivity contribution in [3.63, 3.8) is 0 Å². The Morgan fingerprint density at radius 2 is 1.78 bits per heavy atom. The maximum atomic E-state index is 12.3. The molecular weight excluding hydrogens is 368 g/mol. The number of hydrogen-bond donors (Lipinski definition) is 1. The number of aryl methyl sites for hydroxylation is 1. The Morgan fingerprint density at radius 1 is 1.04 bits per heavy atom. The van der Waals surface area contributed by atoms with Crippen LogP contribution in [-0.4, -0.2) is 36.1 Å². The third kappa shape index (κ3) is 5.20. The van der Waals surface area contributed by atoms with Gasteiger partial charge in [0.1, 0.15) is 0 Å². The predicted molar refractivity (Wildman–Crippen MR) is 96.5 cm³/mol. The van der Waals surface area contributed by atoms with Crippen LogP contribution in [0.5, 0.6) is 0 Å². The van der Waals surface area contributed by atoms with Gasteiger partial charge in [-0.05, 0) is 24.1 Å². The zero-order valence-corrected chi connectivity index (χ0v) is 15.2. The first-order valence-electron chi connectivity index (χ1n) is 8.32. The van der Waals surface area contributed by atoms with E-state index in [4.69, 9.17) is 4.42 Å². The SMILES string of the molecule is O=C(NCCCc1nnc(S(=O)(=O)Cc2ccccc2)o1)c1ccncc1. The molecule has 0 aliphatic rings. The van der Waals surface area contributed by atoms with Crippen LogP contribution in [0.1, 0.15) is 28.2 Å². The van der Waals surface area contributed by atoms with E-state index in [-0.39, 0.29) is 22.8 Å². The molecule has 0 unspecified atom stereocenters. The molecule has 9 heteroatoms. The minimum atomic E-state index is -3.69. The van der Waals surface area contributed by atoms with Gasteiger partial charge in [0.2, 0.25) is 15.7 Å². The highest BCUT2D eigenvalue weighted by molar-refractivity contribution is 7.90. The second kappa shape index (κ2) is 8.54. The van der Waals surface area contributed by atoms with Gasteiger partial charge in [-0.3, -0.25) is 9.78 Å². The third-order valence-corrected chi connectivity index (χ3v) is 5.12. The quantitative estimate of drug-likeness (QED) is 0.587. The van der Waals surface area contributed by atoms with Crippen molar-refractivity contribution in [3.8, 4) is 0 Å². The van der Waals surface area contributed by atoms with Crippen LogP contribution in [-0.2, 0) is 22.0 Å². The van der Waals surface area contributed by atoms with Crippen LogP contribution >= 0.6 is 0 Å². The lowest BCUT2D eigenvalue weighted by Crippen LogP contribution is -2.24. The lowest BCUT2D eigenvalue weighted by Gasteiger charge is -2.03. The fourth-order valence-corrected chi connectivity index (χ4v) is 3.51. The number of hydrogen-bond acceptors (Lipinski definition) is 7. The first-order chi connectivity index (χ1) is 13.0. The summed E-state index contributed by atoms with van der Waals surface area (Å²) in [6.45, 7) is 0.398. The van der Waals surface area contributed by atoms with Gasteiger partial charge in [0, 0.05) is 30.9 Å². The van der Waals surface area contributed by atoms with Crippen LogP contribution < -0.4 is 5.32 Å². The van der Waals surface area contributed by atoms with Crippen molar-refractivity contribution in [3.05, 3.63) is 71.9 Å². The van der Waals surface area contributed by atoms with Gasteiger partial charge in [-0.1, -0.05) is 35.4 Å². The number of benzene rings is 1. The van der Waals surface area contributed by atoms with E-state index in [2.05, 4.69) is 20.5 Å². The summed E-state index contributed by atoms with van der Waals surface area (Å²) in [4.78, 5) is 15.8. The van der Waals surface area contributed by atoms with Gasteiger partial charge in [0.05, 0.1) is 5.75 Å². The van der Waals surface area contributed by atoms with Gasteiger partial charge in [-0.15, -0.1) is 5.10 Å². The molecule has 1 amide bonds. The number of sulfone groups is 1. The molecule has 1 N–H and O–H groups in total. The van der Waals surface area contributed by atoms with Crippen LogP contribution in [0.2, 0.25) is 0 Å². The molecule has 0 saturated carbocycles. The molecule has 0 aliphatic heterocycles. The highest BCUT2D eigenvalue weighted by atomic mass is 32.2. The van der Waals surface area contributed by atoms with E-state index in [1.807, 2.05) is 6.07 Å². The van der Waals surface area contributed by atoms with E-state index in [1.54, 1.807) is 48.8 Å². The molecule has 2 heterocycles. The van der Waals surface area contributed by atoms with Crippen molar-refractivity contribution < 1.29 is 17.6 Å². The Hall–Kier alpha value is -3.07.